The molecule has 18 heavy (non-hydrogen) atoms. The van der Waals surface area contributed by atoms with Gasteiger partial charge in [0, 0.05) is 6.04 Å². The first-order valence-electron chi connectivity index (χ1n) is 6.36. The smallest absolute Gasteiger partial charge is 0.225 e. The molecule has 1 aliphatic carbocycles. The van der Waals surface area contributed by atoms with Gasteiger partial charge in [0.2, 0.25) is 5.91 Å². The monoisotopic (exact) mass is 266 g/mol. The predicted octanol–water partition coefficient (Wildman–Crippen LogP) is 2.02. The number of hydrogen-bond acceptors (Lipinski definition) is 2. The lowest BCUT2D eigenvalue weighted by atomic mass is 9.91. The number of nitrogens with two attached hydrogens (primary N) is 1. The molecule has 0 unspecified atom stereocenters. The molecule has 0 aromatic heterocycles. The lowest BCUT2D eigenvalue weighted by Crippen LogP contribution is -2.32. The van der Waals surface area contributed by atoms with Crippen molar-refractivity contribution in [2.45, 2.75) is 31.3 Å². The Balaban J connectivity index is 0.00000120. The van der Waals surface area contributed by atoms with Crippen LogP contribution in [0.4, 0.5) is 0 Å². The fraction of sp³-hybridized carbons (Fsp3) is 0.500. The predicted molar refractivity (Wildman–Crippen MR) is 73.4 cm³/mol. The van der Waals surface area contributed by atoms with E-state index in [9.17, 15) is 4.79 Å². The molecule has 1 saturated heterocycles. The Morgan fingerprint density at radius 3 is 2.50 bits per heavy atom. The van der Waals surface area contributed by atoms with Crippen LogP contribution in [0.1, 0.15) is 30.9 Å². The Hall–Kier alpha value is -1.06. The Kier molecular flexibility index (Phi) is 3.93. The van der Waals surface area contributed by atoms with E-state index in [1.807, 2.05) is 30.3 Å². The van der Waals surface area contributed by atoms with Gasteiger partial charge >= 0.3 is 0 Å². The summed E-state index contributed by atoms with van der Waals surface area (Å²) in [6, 6.07) is 9.94. The second-order valence-corrected chi connectivity index (χ2v) is 5.26. The van der Waals surface area contributed by atoms with Gasteiger partial charge in [-0.3, -0.25) is 4.79 Å². The number of carbonyl (C=O) groups excluding carboxylic acids is 1. The summed E-state index contributed by atoms with van der Waals surface area (Å²) in [4.78, 5) is 11.9. The molecule has 98 valence electrons. The van der Waals surface area contributed by atoms with Crippen LogP contribution in [0.2, 0.25) is 0 Å². The number of amides is 1. The standard InChI is InChI=1S/C14H18N2O.ClH/c15-12-11(8-9-6-7-9)14(17)16-13(12)10-4-2-1-3-5-10;/h1-5,9,11-13H,6-8,15H2,(H,16,17);1H/t11-,12-,13+;/m0./s1. The highest BCUT2D eigenvalue weighted by atomic mass is 35.5. The molecule has 1 amide bonds. The van der Waals surface area contributed by atoms with Gasteiger partial charge in [0.05, 0.1) is 12.0 Å². The van der Waals surface area contributed by atoms with E-state index < -0.39 is 0 Å². The van der Waals surface area contributed by atoms with E-state index in [0.29, 0.717) is 0 Å². The van der Waals surface area contributed by atoms with Crippen LogP contribution in [0.15, 0.2) is 30.3 Å². The van der Waals surface area contributed by atoms with Crippen molar-refractivity contribution in [1.82, 2.24) is 5.32 Å². The largest absolute Gasteiger partial charge is 0.347 e. The quantitative estimate of drug-likeness (QED) is 0.880. The maximum atomic E-state index is 11.9. The van der Waals surface area contributed by atoms with Gasteiger partial charge in [-0.15, -0.1) is 12.4 Å². The van der Waals surface area contributed by atoms with Crippen LogP contribution in [0.25, 0.3) is 0 Å². The maximum absolute atomic E-state index is 11.9. The van der Waals surface area contributed by atoms with Crippen LogP contribution in [-0.2, 0) is 4.79 Å². The Morgan fingerprint density at radius 1 is 1.22 bits per heavy atom. The molecule has 4 heteroatoms. The Bertz CT molecular complexity index is 419. The maximum Gasteiger partial charge on any atom is 0.225 e. The molecule has 3 nitrogen and oxygen atoms in total. The fourth-order valence-corrected chi connectivity index (χ4v) is 2.71. The van der Waals surface area contributed by atoms with Gasteiger partial charge < -0.3 is 11.1 Å². The molecule has 1 aliphatic heterocycles. The second-order valence-electron chi connectivity index (χ2n) is 5.26. The number of hydrogen-bond donors (Lipinski definition) is 2. The van der Waals surface area contributed by atoms with E-state index in [1.54, 1.807) is 0 Å². The molecule has 1 saturated carbocycles. The summed E-state index contributed by atoms with van der Waals surface area (Å²) < 4.78 is 0. The van der Waals surface area contributed by atoms with E-state index in [-0.39, 0.29) is 36.3 Å². The number of carbonyl (C=O) groups is 1. The third-order valence-electron chi connectivity index (χ3n) is 3.93. The van der Waals surface area contributed by atoms with Crippen LogP contribution in [0, 0.1) is 11.8 Å². The molecule has 1 heterocycles. The molecule has 0 spiro atoms. The molecule has 2 aliphatic rings. The average Bonchev–Trinajstić information content (AvgIpc) is 3.12. The molecule has 1 aromatic rings. The van der Waals surface area contributed by atoms with Crippen LogP contribution >= 0.6 is 12.4 Å². The van der Waals surface area contributed by atoms with E-state index in [2.05, 4.69) is 5.32 Å². The number of nitrogens with one attached hydrogen (secondary N) is 1. The van der Waals surface area contributed by atoms with Crippen molar-refractivity contribution in [3.05, 3.63) is 35.9 Å². The van der Waals surface area contributed by atoms with Gasteiger partial charge in [-0.05, 0) is 17.9 Å². The summed E-state index contributed by atoms with van der Waals surface area (Å²) in [5.41, 5.74) is 7.36. The average molecular weight is 267 g/mol. The molecule has 0 bridgehead atoms. The number of halogens is 1. The van der Waals surface area contributed by atoms with Gasteiger partial charge in [-0.1, -0.05) is 43.2 Å². The van der Waals surface area contributed by atoms with Crippen molar-refractivity contribution >= 4 is 18.3 Å². The number of benzene rings is 1. The minimum absolute atomic E-state index is 0. The Labute approximate surface area is 114 Å². The van der Waals surface area contributed by atoms with Crippen LogP contribution in [-0.4, -0.2) is 11.9 Å². The highest BCUT2D eigenvalue weighted by Crippen LogP contribution is 2.39. The van der Waals surface area contributed by atoms with Crippen LogP contribution in [0.5, 0.6) is 0 Å². The van der Waals surface area contributed by atoms with Gasteiger partial charge in [-0.2, -0.15) is 0 Å². The van der Waals surface area contributed by atoms with Crippen molar-refractivity contribution in [3.8, 4) is 0 Å². The van der Waals surface area contributed by atoms with E-state index in [1.165, 1.54) is 12.8 Å². The fourth-order valence-electron chi connectivity index (χ4n) is 2.71. The lowest BCUT2D eigenvalue weighted by Gasteiger charge is -2.18. The molecule has 3 rings (SSSR count). The van der Waals surface area contributed by atoms with Crippen LogP contribution < -0.4 is 11.1 Å². The SMILES string of the molecule is Cl.N[C@H]1[C@H](CC2CC2)C(=O)N[C@@H]1c1ccccc1. The van der Waals surface area contributed by atoms with E-state index in [0.717, 1.165) is 17.9 Å². The molecular formula is C14H19ClN2O. The second kappa shape index (κ2) is 5.29. The first kappa shape index (κ1) is 13.4. The molecule has 3 N–H and O–H groups in total. The van der Waals surface area contributed by atoms with Gasteiger partial charge in [0.15, 0.2) is 0 Å². The normalized spacial score (nSPS) is 30.7. The molecule has 3 atom stereocenters. The highest BCUT2D eigenvalue weighted by molar-refractivity contribution is 5.85. The lowest BCUT2D eigenvalue weighted by molar-refractivity contribution is -0.123. The molecule has 2 fully saturated rings. The summed E-state index contributed by atoms with van der Waals surface area (Å²) in [5, 5.41) is 3.04. The minimum Gasteiger partial charge on any atom is -0.347 e. The first-order chi connectivity index (χ1) is 8.25. The van der Waals surface area contributed by atoms with Gasteiger partial charge in [-0.25, -0.2) is 0 Å². The summed E-state index contributed by atoms with van der Waals surface area (Å²) in [6.07, 6.45) is 3.51. The summed E-state index contributed by atoms with van der Waals surface area (Å²) in [6.45, 7) is 0. The molecular weight excluding hydrogens is 248 g/mol. The topological polar surface area (TPSA) is 55.1 Å². The highest BCUT2D eigenvalue weighted by Gasteiger charge is 2.42. The zero-order chi connectivity index (χ0) is 11.8. The van der Waals surface area contributed by atoms with Crippen molar-refractivity contribution in [2.75, 3.05) is 0 Å². The molecule has 1 aromatic carbocycles. The zero-order valence-electron chi connectivity index (χ0n) is 10.2. The summed E-state index contributed by atoms with van der Waals surface area (Å²) >= 11 is 0. The Morgan fingerprint density at radius 2 is 1.89 bits per heavy atom. The number of rotatable bonds is 3. The van der Waals surface area contributed by atoms with Gasteiger partial charge in [0.1, 0.15) is 0 Å². The van der Waals surface area contributed by atoms with E-state index >= 15 is 0 Å². The summed E-state index contributed by atoms with van der Waals surface area (Å²) in [7, 11) is 0. The molecule has 0 radical (unpaired) electrons. The third-order valence-corrected chi connectivity index (χ3v) is 3.93. The van der Waals surface area contributed by atoms with Gasteiger partial charge in [0.25, 0.3) is 0 Å². The van der Waals surface area contributed by atoms with E-state index in [4.69, 9.17) is 5.73 Å². The minimum atomic E-state index is -0.0782. The first-order valence-corrected chi connectivity index (χ1v) is 6.36. The zero-order valence-corrected chi connectivity index (χ0v) is 11.0. The third kappa shape index (κ3) is 2.52. The van der Waals surface area contributed by atoms with Crippen molar-refractivity contribution in [1.29, 1.82) is 0 Å². The van der Waals surface area contributed by atoms with Crippen molar-refractivity contribution < 1.29 is 4.79 Å². The van der Waals surface area contributed by atoms with Crippen molar-refractivity contribution in [2.24, 2.45) is 17.6 Å². The van der Waals surface area contributed by atoms with Crippen molar-refractivity contribution in [3.63, 3.8) is 0 Å². The summed E-state index contributed by atoms with van der Waals surface area (Å²) in [5.74, 6) is 0.886. The van der Waals surface area contributed by atoms with Crippen LogP contribution in [0.3, 0.4) is 0 Å².